The molecule has 13 N–H and O–H groups in total. The molecule has 0 aromatic heterocycles. The highest BCUT2D eigenvalue weighted by atomic mass is 16.4. The molecule has 222 valence electrons. The molecule has 0 aliphatic heterocycles. The van der Waals surface area contributed by atoms with E-state index in [0.29, 0.717) is 24.9 Å². The van der Waals surface area contributed by atoms with Crippen LogP contribution in [-0.4, -0.2) is 83.1 Å². The molecule has 1 aromatic carbocycles. The average Bonchev–Trinajstić information content (AvgIpc) is 2.89. The summed E-state index contributed by atoms with van der Waals surface area (Å²) in [6.45, 7) is 0.514. The average molecular weight is 565 g/mol. The predicted octanol–water partition coefficient (Wildman–Crippen LogP) is -2.25. The first kappa shape index (κ1) is 33.8. The smallest absolute Gasteiger partial charge is 0.326 e. The summed E-state index contributed by atoms with van der Waals surface area (Å²) in [7, 11) is 0. The molecule has 0 heterocycles. The third kappa shape index (κ3) is 13.5. The number of hydrogen-bond acceptors (Lipinski definition) is 8. The maximum Gasteiger partial charge on any atom is 0.326 e. The number of aliphatic carboxylic acids is 2. The number of carbonyl (C=O) groups excluding carboxylic acids is 3. The van der Waals surface area contributed by atoms with E-state index in [1.165, 1.54) is 0 Å². The lowest BCUT2D eigenvalue weighted by Crippen LogP contribution is -2.57. The first-order valence-electron chi connectivity index (χ1n) is 12.8. The van der Waals surface area contributed by atoms with Crippen LogP contribution in [0.1, 0.15) is 44.1 Å². The number of guanidine groups is 1. The molecule has 4 unspecified atom stereocenters. The van der Waals surface area contributed by atoms with Gasteiger partial charge in [0.1, 0.15) is 18.1 Å². The third-order valence-corrected chi connectivity index (χ3v) is 5.79. The first-order chi connectivity index (χ1) is 18.9. The Kier molecular flexibility index (Phi) is 15.3. The number of hydrogen-bond donors (Lipinski definition) is 9. The van der Waals surface area contributed by atoms with E-state index in [0.717, 1.165) is 0 Å². The summed E-state index contributed by atoms with van der Waals surface area (Å²) in [5.74, 6) is -5.01. The number of carboxylic acids is 2. The summed E-state index contributed by atoms with van der Waals surface area (Å²) in [6, 6.07) is 3.74. The molecule has 0 fully saturated rings. The fourth-order valence-electron chi connectivity index (χ4n) is 3.69. The van der Waals surface area contributed by atoms with E-state index in [9.17, 15) is 29.1 Å². The van der Waals surface area contributed by atoms with Gasteiger partial charge in [-0.2, -0.15) is 0 Å². The van der Waals surface area contributed by atoms with Crippen molar-refractivity contribution in [1.29, 1.82) is 0 Å². The quantitative estimate of drug-likeness (QED) is 0.0491. The van der Waals surface area contributed by atoms with E-state index < -0.39 is 60.2 Å². The van der Waals surface area contributed by atoms with Crippen molar-refractivity contribution in [3.63, 3.8) is 0 Å². The van der Waals surface area contributed by atoms with Gasteiger partial charge in [0.2, 0.25) is 17.7 Å². The van der Waals surface area contributed by atoms with Crippen LogP contribution in [-0.2, 0) is 30.4 Å². The van der Waals surface area contributed by atoms with Gasteiger partial charge in [0.25, 0.3) is 0 Å². The summed E-state index contributed by atoms with van der Waals surface area (Å²) in [4.78, 5) is 65.5. The molecule has 4 atom stereocenters. The van der Waals surface area contributed by atoms with E-state index in [1.807, 2.05) is 0 Å². The molecule has 0 saturated carbocycles. The Bertz CT molecular complexity index is 1020. The number of nitrogens with one attached hydrogen (secondary N) is 3. The normalized spacial score (nSPS) is 13.7. The highest BCUT2D eigenvalue weighted by Crippen LogP contribution is 2.08. The molecular formula is C25H40N8O7. The zero-order chi connectivity index (χ0) is 30.1. The van der Waals surface area contributed by atoms with Crippen molar-refractivity contribution in [1.82, 2.24) is 16.0 Å². The fourth-order valence-corrected chi connectivity index (χ4v) is 3.69. The Hall–Kier alpha value is -4.24. The molecule has 0 radical (unpaired) electrons. The summed E-state index contributed by atoms with van der Waals surface area (Å²) < 4.78 is 0. The molecule has 0 aliphatic rings. The van der Waals surface area contributed by atoms with E-state index in [2.05, 4.69) is 20.9 Å². The van der Waals surface area contributed by atoms with Crippen LogP contribution in [0.2, 0.25) is 0 Å². The number of nitrogens with two attached hydrogens (primary N) is 4. The van der Waals surface area contributed by atoms with E-state index >= 15 is 0 Å². The van der Waals surface area contributed by atoms with Crippen molar-refractivity contribution in [2.24, 2.45) is 27.9 Å². The summed E-state index contributed by atoms with van der Waals surface area (Å²) in [5, 5.41) is 26.0. The standard InChI is InChI=1S/C25H40N8O7/c26-11-5-4-9-17(31-21(36)16(27)14-20(34)35)22(37)33-19(13-15-7-2-1-3-8-15)23(38)32-18(24(39)40)10-6-12-30-25(28)29/h1-3,7-8,16-19H,4-6,9-14,26-27H2,(H,31,36)(H,32,38)(H,33,37)(H,34,35)(H,39,40)(H4,28,29,30). The van der Waals surface area contributed by atoms with Crippen molar-refractivity contribution in [2.45, 2.75) is 69.1 Å². The van der Waals surface area contributed by atoms with Gasteiger partial charge in [0, 0.05) is 13.0 Å². The van der Waals surface area contributed by atoms with Crippen LogP contribution in [0.15, 0.2) is 35.3 Å². The number of aliphatic imine (C=N–C) groups is 1. The van der Waals surface area contributed by atoms with Crippen LogP contribution in [0.25, 0.3) is 0 Å². The Labute approximate surface area is 232 Å². The van der Waals surface area contributed by atoms with Crippen LogP contribution in [0.3, 0.4) is 0 Å². The number of carbonyl (C=O) groups is 5. The highest BCUT2D eigenvalue weighted by molar-refractivity contribution is 5.94. The SMILES string of the molecule is NCCCCC(NC(=O)C(N)CC(=O)O)C(=O)NC(Cc1ccccc1)C(=O)NC(CCCN=C(N)N)C(=O)O. The van der Waals surface area contributed by atoms with E-state index in [-0.39, 0.29) is 38.2 Å². The van der Waals surface area contributed by atoms with Crippen molar-refractivity contribution in [3.05, 3.63) is 35.9 Å². The topological polar surface area (TPSA) is 278 Å². The van der Waals surface area contributed by atoms with E-state index in [1.54, 1.807) is 30.3 Å². The minimum Gasteiger partial charge on any atom is -0.481 e. The monoisotopic (exact) mass is 564 g/mol. The second-order valence-electron chi connectivity index (χ2n) is 9.15. The fraction of sp³-hybridized carbons (Fsp3) is 0.520. The van der Waals surface area contributed by atoms with Gasteiger partial charge in [-0.25, -0.2) is 4.79 Å². The Morgan fingerprint density at radius 2 is 1.38 bits per heavy atom. The Balaban J connectivity index is 3.10. The summed E-state index contributed by atoms with van der Waals surface area (Å²) >= 11 is 0. The zero-order valence-electron chi connectivity index (χ0n) is 22.3. The van der Waals surface area contributed by atoms with Crippen LogP contribution in [0.5, 0.6) is 0 Å². The van der Waals surface area contributed by atoms with Crippen LogP contribution < -0.4 is 38.9 Å². The van der Waals surface area contributed by atoms with Crippen molar-refractivity contribution < 1.29 is 34.2 Å². The van der Waals surface area contributed by atoms with Crippen LogP contribution in [0.4, 0.5) is 0 Å². The van der Waals surface area contributed by atoms with Gasteiger partial charge in [0.05, 0.1) is 12.5 Å². The lowest BCUT2D eigenvalue weighted by molar-refractivity contribution is -0.142. The molecule has 1 aromatic rings. The van der Waals surface area contributed by atoms with Gasteiger partial charge in [-0.05, 0) is 44.2 Å². The number of amides is 3. The molecule has 15 heteroatoms. The molecule has 3 amide bonds. The Morgan fingerprint density at radius 1 is 0.800 bits per heavy atom. The maximum atomic E-state index is 13.3. The molecule has 15 nitrogen and oxygen atoms in total. The van der Waals surface area contributed by atoms with Gasteiger partial charge in [-0.1, -0.05) is 30.3 Å². The second kappa shape index (κ2) is 18.1. The molecule has 1 rings (SSSR count). The minimum absolute atomic E-state index is 0.0285. The third-order valence-electron chi connectivity index (χ3n) is 5.79. The maximum absolute atomic E-state index is 13.3. The molecule has 0 saturated heterocycles. The molecule has 0 aliphatic carbocycles. The molecule has 40 heavy (non-hydrogen) atoms. The van der Waals surface area contributed by atoms with Gasteiger partial charge in [-0.3, -0.25) is 24.2 Å². The molecule has 0 bridgehead atoms. The second-order valence-corrected chi connectivity index (χ2v) is 9.15. The number of benzene rings is 1. The summed E-state index contributed by atoms with van der Waals surface area (Å²) in [6.07, 6.45) is 0.851. The van der Waals surface area contributed by atoms with Crippen molar-refractivity contribution >= 4 is 35.6 Å². The predicted molar refractivity (Wildman–Crippen MR) is 147 cm³/mol. The highest BCUT2D eigenvalue weighted by Gasteiger charge is 2.30. The van der Waals surface area contributed by atoms with Crippen LogP contribution >= 0.6 is 0 Å². The van der Waals surface area contributed by atoms with Gasteiger partial charge < -0.3 is 49.1 Å². The lowest BCUT2D eigenvalue weighted by Gasteiger charge is -2.25. The number of unbranched alkanes of at least 4 members (excludes halogenated alkanes) is 1. The van der Waals surface area contributed by atoms with Crippen molar-refractivity contribution in [3.8, 4) is 0 Å². The van der Waals surface area contributed by atoms with Crippen LogP contribution in [0, 0.1) is 0 Å². The van der Waals surface area contributed by atoms with Crippen molar-refractivity contribution in [2.75, 3.05) is 13.1 Å². The number of carboxylic acid groups (broad SMARTS) is 2. The molecular weight excluding hydrogens is 524 g/mol. The minimum atomic E-state index is -1.39. The zero-order valence-corrected chi connectivity index (χ0v) is 22.3. The van der Waals surface area contributed by atoms with Gasteiger partial charge >= 0.3 is 11.9 Å². The number of nitrogens with zero attached hydrogens (tertiary/aromatic N) is 1. The largest absolute Gasteiger partial charge is 0.481 e. The number of rotatable bonds is 19. The molecule has 0 spiro atoms. The Morgan fingerprint density at radius 3 is 1.95 bits per heavy atom. The summed E-state index contributed by atoms with van der Waals surface area (Å²) in [5.41, 5.74) is 22.4. The van der Waals surface area contributed by atoms with Gasteiger partial charge in [-0.15, -0.1) is 0 Å². The van der Waals surface area contributed by atoms with E-state index in [4.69, 9.17) is 28.0 Å². The van der Waals surface area contributed by atoms with Gasteiger partial charge in [0.15, 0.2) is 5.96 Å². The lowest BCUT2D eigenvalue weighted by atomic mass is 10.0. The first-order valence-corrected chi connectivity index (χ1v) is 12.8.